The number of carbonyl (C=O) groups excluding carboxylic acids is 1. The minimum atomic E-state index is 0.249. The van der Waals surface area contributed by atoms with Crippen molar-refractivity contribution in [3.05, 3.63) is 30.1 Å². The monoisotopic (exact) mass is 375 g/mol. The Morgan fingerprint density at radius 2 is 2.19 bits per heavy atom. The average Bonchev–Trinajstić information content (AvgIpc) is 3.10. The molecule has 1 aromatic heterocycles. The summed E-state index contributed by atoms with van der Waals surface area (Å²) in [4.78, 5) is 21.4. The Hall–Kier alpha value is -1.11. The number of thioether (sulfide) groups is 1. The molecular formula is C20H29N3O2S. The lowest BCUT2D eigenvalue weighted by Gasteiger charge is -2.49. The van der Waals surface area contributed by atoms with Crippen molar-refractivity contribution < 1.29 is 9.53 Å². The molecule has 1 atom stereocenters. The highest BCUT2D eigenvalue weighted by Gasteiger charge is 2.51. The SMILES string of the molecule is CCN1CCC(C(=O)N2CC3(C[C@@H](OCc4cccnc4)CS3)C2)CC1. The fourth-order valence-corrected chi connectivity index (χ4v) is 5.94. The number of pyridine rings is 1. The molecule has 3 saturated heterocycles. The van der Waals surface area contributed by atoms with E-state index in [1.807, 2.05) is 24.0 Å². The fraction of sp³-hybridized carbons (Fsp3) is 0.700. The summed E-state index contributed by atoms with van der Waals surface area (Å²) in [5.74, 6) is 1.68. The number of carbonyl (C=O) groups is 1. The second-order valence-corrected chi connectivity index (χ2v) is 9.38. The smallest absolute Gasteiger partial charge is 0.225 e. The lowest BCUT2D eigenvalue weighted by atomic mass is 9.88. The second kappa shape index (κ2) is 7.87. The second-order valence-electron chi connectivity index (χ2n) is 7.90. The van der Waals surface area contributed by atoms with Crippen LogP contribution < -0.4 is 0 Å². The Bertz CT molecular complexity index is 613. The Morgan fingerprint density at radius 1 is 1.38 bits per heavy atom. The van der Waals surface area contributed by atoms with Crippen LogP contribution in [0.1, 0.15) is 31.7 Å². The van der Waals surface area contributed by atoms with Crippen molar-refractivity contribution in [1.82, 2.24) is 14.8 Å². The van der Waals surface area contributed by atoms with E-state index in [2.05, 4.69) is 27.8 Å². The van der Waals surface area contributed by atoms with Gasteiger partial charge < -0.3 is 14.5 Å². The van der Waals surface area contributed by atoms with Crippen LogP contribution >= 0.6 is 11.8 Å². The zero-order valence-corrected chi connectivity index (χ0v) is 16.4. The van der Waals surface area contributed by atoms with Gasteiger partial charge in [-0.15, -0.1) is 11.8 Å². The summed E-state index contributed by atoms with van der Waals surface area (Å²) in [5.41, 5.74) is 1.13. The highest BCUT2D eigenvalue weighted by atomic mass is 32.2. The quantitative estimate of drug-likeness (QED) is 0.791. The highest BCUT2D eigenvalue weighted by molar-refractivity contribution is 8.01. The van der Waals surface area contributed by atoms with Gasteiger partial charge in [0.15, 0.2) is 0 Å². The minimum Gasteiger partial charge on any atom is -0.373 e. The zero-order valence-electron chi connectivity index (χ0n) is 15.6. The molecule has 0 bridgehead atoms. The van der Waals surface area contributed by atoms with Crippen LogP contribution in [-0.4, -0.2) is 70.0 Å². The van der Waals surface area contributed by atoms with Crippen molar-refractivity contribution in [2.45, 2.75) is 43.6 Å². The molecule has 1 aromatic rings. The van der Waals surface area contributed by atoms with E-state index in [-0.39, 0.29) is 10.7 Å². The first-order chi connectivity index (χ1) is 12.7. The first kappa shape index (κ1) is 18.3. The molecular weight excluding hydrogens is 346 g/mol. The summed E-state index contributed by atoms with van der Waals surface area (Å²) >= 11 is 2.00. The molecule has 0 saturated carbocycles. The molecule has 1 spiro atoms. The van der Waals surface area contributed by atoms with Gasteiger partial charge in [0.25, 0.3) is 0 Å². The Morgan fingerprint density at radius 3 is 2.88 bits per heavy atom. The molecule has 4 rings (SSSR count). The molecule has 0 N–H and O–H groups in total. The number of hydrogen-bond acceptors (Lipinski definition) is 5. The van der Waals surface area contributed by atoms with Crippen LogP contribution in [0, 0.1) is 5.92 Å². The van der Waals surface area contributed by atoms with Crippen LogP contribution in [0.5, 0.6) is 0 Å². The third-order valence-corrected chi connectivity index (χ3v) is 7.61. The van der Waals surface area contributed by atoms with E-state index in [1.165, 1.54) is 0 Å². The van der Waals surface area contributed by atoms with Gasteiger partial charge >= 0.3 is 0 Å². The molecule has 0 radical (unpaired) electrons. The molecule has 6 heteroatoms. The molecule has 26 heavy (non-hydrogen) atoms. The van der Waals surface area contributed by atoms with Gasteiger partial charge in [-0.25, -0.2) is 0 Å². The van der Waals surface area contributed by atoms with E-state index in [0.29, 0.717) is 18.6 Å². The van der Waals surface area contributed by atoms with Crippen molar-refractivity contribution in [3.63, 3.8) is 0 Å². The van der Waals surface area contributed by atoms with Crippen LogP contribution in [0.25, 0.3) is 0 Å². The first-order valence-electron chi connectivity index (χ1n) is 9.83. The van der Waals surface area contributed by atoms with E-state index in [0.717, 1.165) is 63.3 Å². The Labute approximate surface area is 160 Å². The van der Waals surface area contributed by atoms with Crippen LogP contribution in [0.4, 0.5) is 0 Å². The fourth-order valence-electron chi connectivity index (χ4n) is 4.39. The van der Waals surface area contributed by atoms with Gasteiger partial charge in [-0.1, -0.05) is 13.0 Å². The Balaban J connectivity index is 1.21. The van der Waals surface area contributed by atoms with E-state index < -0.39 is 0 Å². The largest absolute Gasteiger partial charge is 0.373 e. The van der Waals surface area contributed by atoms with Crippen molar-refractivity contribution >= 4 is 17.7 Å². The van der Waals surface area contributed by atoms with Gasteiger partial charge in [0, 0.05) is 37.2 Å². The van der Waals surface area contributed by atoms with Gasteiger partial charge in [-0.3, -0.25) is 9.78 Å². The molecule has 0 unspecified atom stereocenters. The lowest BCUT2D eigenvalue weighted by molar-refractivity contribution is -0.142. The molecule has 142 valence electrons. The number of rotatable bonds is 5. The van der Waals surface area contributed by atoms with Crippen molar-refractivity contribution in [3.8, 4) is 0 Å². The van der Waals surface area contributed by atoms with Crippen molar-refractivity contribution in [2.24, 2.45) is 5.92 Å². The molecule has 3 fully saturated rings. The van der Waals surface area contributed by atoms with Crippen molar-refractivity contribution in [1.29, 1.82) is 0 Å². The van der Waals surface area contributed by atoms with E-state index >= 15 is 0 Å². The molecule has 0 aliphatic carbocycles. The summed E-state index contributed by atoms with van der Waals surface area (Å²) in [5, 5.41) is 0. The summed E-state index contributed by atoms with van der Waals surface area (Å²) in [6.07, 6.45) is 7.07. The number of piperidine rings is 1. The normalized spacial score (nSPS) is 26.2. The van der Waals surface area contributed by atoms with Crippen LogP contribution in [0.2, 0.25) is 0 Å². The van der Waals surface area contributed by atoms with Gasteiger partial charge in [0.1, 0.15) is 0 Å². The van der Waals surface area contributed by atoms with Crippen LogP contribution in [0.3, 0.4) is 0 Å². The maximum atomic E-state index is 12.8. The number of hydrogen-bond donors (Lipinski definition) is 0. The molecule has 3 aliphatic rings. The van der Waals surface area contributed by atoms with Crippen LogP contribution in [0.15, 0.2) is 24.5 Å². The summed E-state index contributed by atoms with van der Waals surface area (Å²) < 4.78 is 6.34. The molecule has 0 aromatic carbocycles. The number of amides is 1. The number of ether oxygens (including phenoxy) is 1. The van der Waals surface area contributed by atoms with Crippen LogP contribution in [-0.2, 0) is 16.1 Å². The van der Waals surface area contributed by atoms with E-state index in [1.54, 1.807) is 6.20 Å². The van der Waals surface area contributed by atoms with E-state index in [4.69, 9.17) is 4.74 Å². The van der Waals surface area contributed by atoms with Gasteiger partial charge in [0.2, 0.25) is 5.91 Å². The number of likely N-dealkylation sites (tertiary alicyclic amines) is 2. The topological polar surface area (TPSA) is 45.7 Å². The highest BCUT2D eigenvalue weighted by Crippen LogP contribution is 2.46. The molecule has 4 heterocycles. The predicted molar refractivity (Wildman–Crippen MR) is 104 cm³/mol. The third kappa shape index (κ3) is 3.92. The molecule has 1 amide bonds. The zero-order chi connectivity index (χ0) is 18.0. The maximum absolute atomic E-state index is 12.8. The van der Waals surface area contributed by atoms with Crippen molar-refractivity contribution in [2.75, 3.05) is 38.5 Å². The Kier molecular flexibility index (Phi) is 5.53. The maximum Gasteiger partial charge on any atom is 0.225 e. The number of nitrogens with zero attached hydrogens (tertiary/aromatic N) is 3. The molecule has 3 aliphatic heterocycles. The van der Waals surface area contributed by atoms with Gasteiger partial charge in [-0.2, -0.15) is 0 Å². The summed E-state index contributed by atoms with van der Waals surface area (Å²) in [6.45, 7) is 7.91. The summed E-state index contributed by atoms with van der Waals surface area (Å²) in [6, 6.07) is 4.00. The lowest BCUT2D eigenvalue weighted by Crippen LogP contribution is -2.62. The average molecular weight is 376 g/mol. The van der Waals surface area contributed by atoms with E-state index in [9.17, 15) is 4.79 Å². The molecule has 5 nitrogen and oxygen atoms in total. The number of aromatic nitrogens is 1. The minimum absolute atomic E-state index is 0.249. The predicted octanol–water partition coefficient (Wildman–Crippen LogP) is 2.42. The van der Waals surface area contributed by atoms with Gasteiger partial charge in [0.05, 0.1) is 17.5 Å². The first-order valence-corrected chi connectivity index (χ1v) is 10.8. The standard InChI is InChI=1S/C20H29N3O2S/c1-2-22-8-5-17(6-9-22)19(24)23-14-20(15-23)10-18(13-26-20)25-12-16-4-3-7-21-11-16/h3-4,7,11,17-18H,2,5-6,8-10,12-15H2,1H3/t18-/m1/s1. The van der Waals surface area contributed by atoms with Gasteiger partial charge in [-0.05, 0) is 50.5 Å². The third-order valence-electron chi connectivity index (χ3n) is 6.04. The summed E-state index contributed by atoms with van der Waals surface area (Å²) in [7, 11) is 0.